The van der Waals surface area contributed by atoms with Gasteiger partial charge in [0.2, 0.25) is 11.8 Å². The van der Waals surface area contributed by atoms with Gasteiger partial charge >= 0.3 is 0 Å². The molecule has 0 aromatic rings. The topological polar surface area (TPSA) is 75.4 Å². The van der Waals surface area contributed by atoms with Gasteiger partial charge in [0, 0.05) is 13.1 Å². The Balaban J connectivity index is 1.95. The van der Waals surface area contributed by atoms with Gasteiger partial charge in [0.05, 0.1) is 11.5 Å². The number of primary amides is 1. The minimum absolute atomic E-state index is 0.0565. The third-order valence-electron chi connectivity index (χ3n) is 3.99. The highest BCUT2D eigenvalue weighted by molar-refractivity contribution is 5.86. The lowest BCUT2D eigenvalue weighted by molar-refractivity contribution is -0.134. The molecule has 1 unspecified atom stereocenters. The van der Waals surface area contributed by atoms with Gasteiger partial charge in [-0.25, -0.2) is 0 Å². The summed E-state index contributed by atoms with van der Waals surface area (Å²) in [6, 6.07) is -0.0565. The molecule has 2 aliphatic rings. The van der Waals surface area contributed by atoms with Crippen molar-refractivity contribution in [3.63, 3.8) is 0 Å². The molecule has 17 heavy (non-hydrogen) atoms. The van der Waals surface area contributed by atoms with Gasteiger partial charge in [-0.05, 0) is 32.7 Å². The lowest BCUT2D eigenvalue weighted by Crippen LogP contribution is -2.49. The minimum atomic E-state index is -0.537. The quantitative estimate of drug-likeness (QED) is 0.704. The summed E-state index contributed by atoms with van der Waals surface area (Å²) in [5.41, 5.74) is 4.84. The van der Waals surface area contributed by atoms with Crippen LogP contribution in [-0.2, 0) is 9.59 Å². The number of carbonyl (C=O) groups excluding carboxylic acids is 2. The second-order valence-corrected chi connectivity index (χ2v) is 5.44. The van der Waals surface area contributed by atoms with Crippen molar-refractivity contribution in [2.45, 2.75) is 38.6 Å². The average molecular weight is 239 g/mol. The Labute approximate surface area is 102 Å². The van der Waals surface area contributed by atoms with Gasteiger partial charge in [-0.2, -0.15) is 0 Å². The largest absolute Gasteiger partial charge is 0.369 e. The molecule has 2 saturated heterocycles. The standard InChI is InChI=1S/C12H21N3O2/c1-12(11(13)17)5-7-15(8-12)10(16)9-4-2-3-6-14-9/h9,14H,2-8H2,1H3,(H2,13,17)/t9-,12?/m1/s1. The summed E-state index contributed by atoms with van der Waals surface area (Å²) in [6.07, 6.45) is 3.83. The first-order chi connectivity index (χ1) is 8.03. The molecular formula is C12H21N3O2. The zero-order valence-electron chi connectivity index (χ0n) is 10.4. The summed E-state index contributed by atoms with van der Waals surface area (Å²) < 4.78 is 0. The second-order valence-electron chi connectivity index (χ2n) is 5.44. The molecule has 2 aliphatic heterocycles. The maximum atomic E-state index is 12.2. The molecular weight excluding hydrogens is 218 g/mol. The molecule has 96 valence electrons. The van der Waals surface area contributed by atoms with Crippen LogP contribution in [0.1, 0.15) is 32.6 Å². The summed E-state index contributed by atoms with van der Waals surface area (Å²) in [4.78, 5) is 25.3. The molecule has 2 fully saturated rings. The van der Waals surface area contributed by atoms with E-state index in [2.05, 4.69) is 5.32 Å². The molecule has 2 heterocycles. The van der Waals surface area contributed by atoms with Crippen molar-refractivity contribution < 1.29 is 9.59 Å². The maximum absolute atomic E-state index is 12.2. The van der Waals surface area contributed by atoms with Crippen molar-refractivity contribution in [3.05, 3.63) is 0 Å². The minimum Gasteiger partial charge on any atom is -0.369 e. The van der Waals surface area contributed by atoms with Gasteiger partial charge in [0.1, 0.15) is 0 Å². The van der Waals surface area contributed by atoms with Gasteiger partial charge in [-0.3, -0.25) is 9.59 Å². The fourth-order valence-corrected chi connectivity index (χ4v) is 2.63. The Kier molecular flexibility index (Phi) is 3.38. The molecule has 3 N–H and O–H groups in total. The number of hydrogen-bond donors (Lipinski definition) is 2. The molecule has 0 aromatic heterocycles. The fourth-order valence-electron chi connectivity index (χ4n) is 2.63. The van der Waals surface area contributed by atoms with E-state index in [0.717, 1.165) is 25.8 Å². The molecule has 2 atom stereocenters. The number of piperidine rings is 1. The summed E-state index contributed by atoms with van der Waals surface area (Å²) in [5, 5.41) is 3.24. The molecule has 0 radical (unpaired) electrons. The number of likely N-dealkylation sites (tertiary alicyclic amines) is 1. The second kappa shape index (κ2) is 4.64. The maximum Gasteiger partial charge on any atom is 0.239 e. The first-order valence-electron chi connectivity index (χ1n) is 6.35. The first kappa shape index (κ1) is 12.4. The monoisotopic (exact) mass is 239 g/mol. The molecule has 0 aromatic carbocycles. The van der Waals surface area contributed by atoms with Crippen LogP contribution in [0.4, 0.5) is 0 Å². The third kappa shape index (κ3) is 2.44. The van der Waals surface area contributed by atoms with Crippen molar-refractivity contribution in [3.8, 4) is 0 Å². The molecule has 2 rings (SSSR count). The van der Waals surface area contributed by atoms with Crippen molar-refractivity contribution >= 4 is 11.8 Å². The van der Waals surface area contributed by atoms with Crippen molar-refractivity contribution in [1.29, 1.82) is 0 Å². The lowest BCUT2D eigenvalue weighted by Gasteiger charge is -2.28. The summed E-state index contributed by atoms with van der Waals surface area (Å²) in [5.74, 6) is -0.168. The number of carbonyl (C=O) groups is 2. The highest BCUT2D eigenvalue weighted by Crippen LogP contribution is 2.30. The zero-order chi connectivity index (χ0) is 12.5. The van der Waals surface area contributed by atoms with E-state index in [1.165, 1.54) is 0 Å². The molecule has 0 bridgehead atoms. The zero-order valence-corrected chi connectivity index (χ0v) is 10.4. The van der Waals surface area contributed by atoms with E-state index >= 15 is 0 Å². The van der Waals surface area contributed by atoms with Crippen molar-refractivity contribution in [2.75, 3.05) is 19.6 Å². The Bertz CT molecular complexity index is 326. The van der Waals surface area contributed by atoms with E-state index in [1.54, 1.807) is 4.90 Å². The van der Waals surface area contributed by atoms with Crippen LogP contribution in [0.5, 0.6) is 0 Å². The van der Waals surface area contributed by atoms with Crippen LogP contribution < -0.4 is 11.1 Å². The summed E-state index contributed by atoms with van der Waals surface area (Å²) >= 11 is 0. The Morgan fingerprint density at radius 3 is 2.71 bits per heavy atom. The lowest BCUT2D eigenvalue weighted by atomic mass is 9.89. The van der Waals surface area contributed by atoms with Crippen LogP contribution in [0.25, 0.3) is 0 Å². The van der Waals surface area contributed by atoms with E-state index in [-0.39, 0.29) is 17.9 Å². The van der Waals surface area contributed by atoms with E-state index in [9.17, 15) is 9.59 Å². The van der Waals surface area contributed by atoms with Crippen LogP contribution in [0, 0.1) is 5.41 Å². The van der Waals surface area contributed by atoms with Gasteiger partial charge in [0.15, 0.2) is 0 Å². The molecule has 0 saturated carbocycles. The Morgan fingerprint density at radius 2 is 2.18 bits per heavy atom. The highest BCUT2D eigenvalue weighted by Gasteiger charge is 2.42. The van der Waals surface area contributed by atoms with Crippen LogP contribution in [0.2, 0.25) is 0 Å². The predicted octanol–water partition coefficient (Wildman–Crippen LogP) is -0.148. The fraction of sp³-hybridized carbons (Fsp3) is 0.833. The van der Waals surface area contributed by atoms with Crippen LogP contribution in [0.15, 0.2) is 0 Å². The van der Waals surface area contributed by atoms with E-state index in [1.807, 2.05) is 6.92 Å². The number of hydrogen-bond acceptors (Lipinski definition) is 3. The van der Waals surface area contributed by atoms with Crippen LogP contribution in [-0.4, -0.2) is 42.4 Å². The number of amides is 2. The number of nitrogens with one attached hydrogen (secondary N) is 1. The van der Waals surface area contributed by atoms with Gasteiger partial charge in [-0.15, -0.1) is 0 Å². The van der Waals surface area contributed by atoms with Gasteiger partial charge in [0.25, 0.3) is 0 Å². The molecule has 5 heteroatoms. The Morgan fingerprint density at radius 1 is 1.41 bits per heavy atom. The van der Waals surface area contributed by atoms with E-state index < -0.39 is 5.41 Å². The molecule has 0 spiro atoms. The Hall–Kier alpha value is -1.10. The summed E-state index contributed by atoms with van der Waals surface area (Å²) in [6.45, 7) is 3.88. The first-order valence-corrected chi connectivity index (χ1v) is 6.35. The van der Waals surface area contributed by atoms with Crippen LogP contribution >= 0.6 is 0 Å². The van der Waals surface area contributed by atoms with Crippen molar-refractivity contribution in [2.24, 2.45) is 11.1 Å². The SMILES string of the molecule is CC1(C(N)=O)CCN(C(=O)[C@H]2CCCCN2)C1. The van der Waals surface area contributed by atoms with Gasteiger partial charge < -0.3 is 16.0 Å². The molecule has 0 aliphatic carbocycles. The smallest absolute Gasteiger partial charge is 0.239 e. The average Bonchev–Trinajstić information content (AvgIpc) is 2.74. The van der Waals surface area contributed by atoms with E-state index in [4.69, 9.17) is 5.73 Å². The number of nitrogens with two attached hydrogens (primary N) is 1. The van der Waals surface area contributed by atoms with Gasteiger partial charge in [-0.1, -0.05) is 6.42 Å². The summed E-state index contributed by atoms with van der Waals surface area (Å²) in [7, 11) is 0. The van der Waals surface area contributed by atoms with E-state index in [0.29, 0.717) is 19.5 Å². The molecule has 5 nitrogen and oxygen atoms in total. The number of rotatable bonds is 2. The highest BCUT2D eigenvalue weighted by atomic mass is 16.2. The van der Waals surface area contributed by atoms with Crippen molar-refractivity contribution in [1.82, 2.24) is 10.2 Å². The predicted molar refractivity (Wildman–Crippen MR) is 64.1 cm³/mol. The number of nitrogens with zero attached hydrogens (tertiary/aromatic N) is 1. The normalized spacial score (nSPS) is 33.7. The third-order valence-corrected chi connectivity index (χ3v) is 3.99. The van der Waals surface area contributed by atoms with Crippen LogP contribution in [0.3, 0.4) is 0 Å². The molecule has 2 amide bonds.